The minimum Gasteiger partial charge on any atom is -0.462 e. The van der Waals surface area contributed by atoms with E-state index in [0.29, 0.717) is 27.2 Å². The lowest BCUT2D eigenvalue weighted by atomic mass is 10.1. The molecular weight excluding hydrogens is 368 g/mol. The summed E-state index contributed by atoms with van der Waals surface area (Å²) in [5, 5.41) is 3.77. The first-order chi connectivity index (χ1) is 12.9. The summed E-state index contributed by atoms with van der Waals surface area (Å²) in [6, 6.07) is 11.5. The van der Waals surface area contributed by atoms with Gasteiger partial charge in [0.1, 0.15) is 0 Å². The molecule has 0 atom stereocenters. The number of esters is 1. The summed E-state index contributed by atoms with van der Waals surface area (Å²) in [5.74, 6) is -1.21. The summed E-state index contributed by atoms with van der Waals surface area (Å²) in [7, 11) is 0. The quantitative estimate of drug-likeness (QED) is 0.677. The van der Waals surface area contributed by atoms with Crippen molar-refractivity contribution in [1.82, 2.24) is 4.57 Å². The van der Waals surface area contributed by atoms with Crippen molar-refractivity contribution in [3.8, 4) is 0 Å². The van der Waals surface area contributed by atoms with Gasteiger partial charge in [0.15, 0.2) is 0 Å². The summed E-state index contributed by atoms with van der Waals surface area (Å²) >= 11 is 6.02. The molecule has 0 radical (unpaired) electrons. The normalized spacial score (nSPS) is 10.6. The highest BCUT2D eigenvalue weighted by molar-refractivity contribution is 6.31. The summed E-state index contributed by atoms with van der Waals surface area (Å²) in [4.78, 5) is 36.9. The highest BCUT2D eigenvalue weighted by Gasteiger charge is 2.19. The molecule has 0 fully saturated rings. The number of nitrogens with one attached hydrogen (secondary N) is 1. The van der Waals surface area contributed by atoms with E-state index in [-0.39, 0.29) is 18.1 Å². The van der Waals surface area contributed by atoms with E-state index < -0.39 is 11.9 Å². The molecule has 0 saturated heterocycles. The third-order valence-electron chi connectivity index (χ3n) is 4.02. The molecule has 3 aromatic rings. The minimum absolute atomic E-state index is 0.230. The molecule has 1 amide bonds. The SMILES string of the molecule is CCOC(=O)c1ccccc1NC(=O)c1cn(C(C)=O)c2cc(Cl)ccc12. The van der Waals surface area contributed by atoms with E-state index in [0.717, 1.165) is 0 Å². The lowest BCUT2D eigenvalue weighted by molar-refractivity contribution is 0.0527. The number of hydrogen-bond acceptors (Lipinski definition) is 4. The second-order valence-corrected chi connectivity index (χ2v) is 6.25. The van der Waals surface area contributed by atoms with Crippen LogP contribution >= 0.6 is 11.6 Å². The number of halogens is 1. The molecule has 6 nitrogen and oxygen atoms in total. The van der Waals surface area contributed by atoms with Crippen LogP contribution in [0.1, 0.15) is 39.4 Å². The molecule has 1 aromatic heterocycles. The molecule has 7 heteroatoms. The second kappa shape index (κ2) is 7.63. The average molecular weight is 385 g/mol. The Morgan fingerprint density at radius 2 is 1.85 bits per heavy atom. The summed E-state index contributed by atoms with van der Waals surface area (Å²) in [6.45, 7) is 3.34. The van der Waals surface area contributed by atoms with E-state index in [1.807, 2.05) is 0 Å². The number of fused-ring (bicyclic) bond motifs is 1. The average Bonchev–Trinajstić information content (AvgIpc) is 3.01. The molecular formula is C20H17ClN2O4. The number of aromatic nitrogens is 1. The number of rotatable bonds is 4. The smallest absolute Gasteiger partial charge is 0.340 e. The molecule has 0 saturated carbocycles. The van der Waals surface area contributed by atoms with Crippen molar-refractivity contribution in [1.29, 1.82) is 0 Å². The van der Waals surface area contributed by atoms with Crippen molar-refractivity contribution in [3.05, 3.63) is 64.8 Å². The van der Waals surface area contributed by atoms with Crippen LogP contribution in [-0.2, 0) is 4.74 Å². The fourth-order valence-corrected chi connectivity index (χ4v) is 2.98. The van der Waals surface area contributed by atoms with Gasteiger partial charge >= 0.3 is 5.97 Å². The zero-order valence-corrected chi connectivity index (χ0v) is 15.5. The molecule has 0 unspecified atom stereocenters. The maximum atomic E-state index is 12.9. The number of carbonyl (C=O) groups is 3. The summed E-state index contributed by atoms with van der Waals surface area (Å²) in [6.07, 6.45) is 1.46. The molecule has 1 N–H and O–H groups in total. The predicted octanol–water partition coefficient (Wildman–Crippen LogP) is 4.38. The van der Waals surface area contributed by atoms with Crippen molar-refractivity contribution >= 4 is 46.0 Å². The number of hydrogen-bond donors (Lipinski definition) is 1. The van der Waals surface area contributed by atoms with Crippen LogP contribution in [0.4, 0.5) is 5.69 Å². The molecule has 27 heavy (non-hydrogen) atoms. The maximum Gasteiger partial charge on any atom is 0.340 e. The number of nitrogens with zero attached hydrogens (tertiary/aromatic N) is 1. The number of para-hydroxylation sites is 1. The second-order valence-electron chi connectivity index (χ2n) is 5.81. The monoisotopic (exact) mass is 384 g/mol. The Bertz CT molecular complexity index is 1060. The lowest BCUT2D eigenvalue weighted by Crippen LogP contribution is -2.16. The van der Waals surface area contributed by atoms with Crippen LogP contribution in [-0.4, -0.2) is 29.0 Å². The Balaban J connectivity index is 2.01. The van der Waals surface area contributed by atoms with Crippen molar-refractivity contribution in [2.45, 2.75) is 13.8 Å². The molecule has 0 spiro atoms. The van der Waals surface area contributed by atoms with Crippen LogP contribution in [0.3, 0.4) is 0 Å². The summed E-state index contributed by atoms with van der Waals surface area (Å²) < 4.78 is 6.39. The number of anilines is 1. The van der Waals surface area contributed by atoms with E-state index >= 15 is 0 Å². The van der Waals surface area contributed by atoms with Gasteiger partial charge in [-0.15, -0.1) is 0 Å². The molecule has 0 bridgehead atoms. The molecule has 0 aliphatic rings. The highest BCUT2D eigenvalue weighted by Crippen LogP contribution is 2.26. The van der Waals surface area contributed by atoms with Gasteiger partial charge in [-0.25, -0.2) is 4.79 Å². The maximum absolute atomic E-state index is 12.9. The van der Waals surface area contributed by atoms with Crippen molar-refractivity contribution < 1.29 is 19.1 Å². The number of amides is 1. The van der Waals surface area contributed by atoms with E-state index in [1.54, 1.807) is 49.4 Å². The fraction of sp³-hybridized carbons (Fsp3) is 0.150. The van der Waals surface area contributed by atoms with Crippen LogP contribution in [0, 0.1) is 0 Å². The molecule has 2 aromatic carbocycles. The Labute approximate surface area is 160 Å². The summed E-state index contributed by atoms with van der Waals surface area (Å²) in [5.41, 5.74) is 1.43. The van der Waals surface area contributed by atoms with Gasteiger partial charge in [0.2, 0.25) is 5.91 Å². The molecule has 0 aliphatic carbocycles. The van der Waals surface area contributed by atoms with Gasteiger partial charge in [-0.05, 0) is 31.2 Å². The predicted molar refractivity (Wildman–Crippen MR) is 104 cm³/mol. The number of carbonyl (C=O) groups excluding carboxylic acids is 3. The minimum atomic E-state index is -0.522. The Morgan fingerprint density at radius 1 is 1.11 bits per heavy atom. The van der Waals surface area contributed by atoms with Crippen LogP contribution in [0.15, 0.2) is 48.7 Å². The van der Waals surface area contributed by atoms with Crippen molar-refractivity contribution in [3.63, 3.8) is 0 Å². The van der Waals surface area contributed by atoms with Gasteiger partial charge in [0.05, 0.1) is 28.9 Å². The van der Waals surface area contributed by atoms with Crippen LogP contribution < -0.4 is 5.32 Å². The van der Waals surface area contributed by atoms with Gasteiger partial charge in [0, 0.05) is 23.5 Å². The van der Waals surface area contributed by atoms with Gasteiger partial charge in [-0.3, -0.25) is 14.2 Å². The third-order valence-corrected chi connectivity index (χ3v) is 4.26. The Hall–Kier alpha value is -3.12. The molecule has 0 aliphatic heterocycles. The van der Waals surface area contributed by atoms with Crippen LogP contribution in [0.5, 0.6) is 0 Å². The van der Waals surface area contributed by atoms with E-state index in [9.17, 15) is 14.4 Å². The zero-order chi connectivity index (χ0) is 19.6. The first-order valence-electron chi connectivity index (χ1n) is 8.31. The van der Waals surface area contributed by atoms with Gasteiger partial charge in [-0.2, -0.15) is 0 Å². The first-order valence-corrected chi connectivity index (χ1v) is 8.69. The number of benzene rings is 2. The van der Waals surface area contributed by atoms with Gasteiger partial charge in [0.25, 0.3) is 5.91 Å². The largest absolute Gasteiger partial charge is 0.462 e. The lowest BCUT2D eigenvalue weighted by Gasteiger charge is -2.10. The van der Waals surface area contributed by atoms with Crippen molar-refractivity contribution in [2.75, 3.05) is 11.9 Å². The molecule has 138 valence electrons. The standard InChI is InChI=1S/C20H17ClN2O4/c1-3-27-20(26)15-6-4-5-7-17(15)22-19(25)16-11-23(12(2)24)18-10-13(21)8-9-14(16)18/h4-11H,3H2,1-2H3,(H,22,25). The molecule has 1 heterocycles. The van der Waals surface area contributed by atoms with Gasteiger partial charge < -0.3 is 10.1 Å². The Morgan fingerprint density at radius 3 is 2.56 bits per heavy atom. The Kier molecular flexibility index (Phi) is 5.28. The first kappa shape index (κ1) is 18.7. The van der Waals surface area contributed by atoms with Crippen LogP contribution in [0.25, 0.3) is 10.9 Å². The highest BCUT2D eigenvalue weighted by atomic mass is 35.5. The van der Waals surface area contributed by atoms with E-state index in [4.69, 9.17) is 16.3 Å². The zero-order valence-electron chi connectivity index (χ0n) is 14.8. The van der Waals surface area contributed by atoms with Gasteiger partial charge in [-0.1, -0.05) is 29.8 Å². The van der Waals surface area contributed by atoms with Crippen molar-refractivity contribution in [2.24, 2.45) is 0 Å². The number of ether oxygens (including phenoxy) is 1. The van der Waals surface area contributed by atoms with Crippen LogP contribution in [0.2, 0.25) is 5.02 Å². The third kappa shape index (κ3) is 3.71. The van der Waals surface area contributed by atoms with E-state index in [1.165, 1.54) is 17.7 Å². The fourth-order valence-electron chi connectivity index (χ4n) is 2.81. The topological polar surface area (TPSA) is 77.4 Å². The van der Waals surface area contributed by atoms with E-state index in [2.05, 4.69) is 5.32 Å². The molecule has 3 rings (SSSR count).